The second-order valence-corrected chi connectivity index (χ2v) is 3.30. The first-order valence-corrected chi connectivity index (χ1v) is 5.14. The summed E-state index contributed by atoms with van der Waals surface area (Å²) >= 11 is 0. The van der Waals surface area contributed by atoms with Gasteiger partial charge in [0.15, 0.2) is 0 Å². The molecule has 1 unspecified atom stereocenters. The smallest absolute Gasteiger partial charge is 0.120 e. The van der Waals surface area contributed by atoms with Gasteiger partial charge in [-0.2, -0.15) is 0 Å². The normalized spacial score (nSPS) is 13.0. The van der Waals surface area contributed by atoms with Crippen molar-refractivity contribution in [3.63, 3.8) is 0 Å². The molecular formula is C11H19NO2. The van der Waals surface area contributed by atoms with Crippen LogP contribution in [-0.2, 0) is 4.74 Å². The zero-order chi connectivity index (χ0) is 10.2. The third-order valence-corrected chi connectivity index (χ3v) is 2.14. The molecule has 3 heteroatoms. The van der Waals surface area contributed by atoms with E-state index in [-0.39, 0.29) is 6.04 Å². The van der Waals surface area contributed by atoms with E-state index in [1.54, 1.807) is 13.4 Å². The molecule has 0 fully saturated rings. The number of hydrogen-bond donors (Lipinski definition) is 1. The standard InChI is InChI=1S/C11H19NO2/c1-3-7-12-10(6-9-13-2)11-5-4-8-14-11/h4-5,8,10,12H,3,6-7,9H2,1-2H3. The van der Waals surface area contributed by atoms with Gasteiger partial charge in [0.2, 0.25) is 0 Å². The van der Waals surface area contributed by atoms with E-state index in [2.05, 4.69) is 12.2 Å². The Kier molecular flexibility index (Phi) is 5.33. The first kappa shape index (κ1) is 11.3. The van der Waals surface area contributed by atoms with E-state index in [0.29, 0.717) is 0 Å². The van der Waals surface area contributed by atoms with Crippen molar-refractivity contribution in [2.75, 3.05) is 20.3 Å². The fraction of sp³-hybridized carbons (Fsp3) is 0.636. The SMILES string of the molecule is CCCNC(CCOC)c1ccco1. The van der Waals surface area contributed by atoms with Gasteiger partial charge in [0.25, 0.3) is 0 Å². The van der Waals surface area contributed by atoms with Crippen molar-refractivity contribution in [2.24, 2.45) is 0 Å². The summed E-state index contributed by atoms with van der Waals surface area (Å²) in [5, 5.41) is 3.43. The maximum Gasteiger partial charge on any atom is 0.120 e. The molecule has 14 heavy (non-hydrogen) atoms. The number of hydrogen-bond acceptors (Lipinski definition) is 3. The molecule has 1 atom stereocenters. The van der Waals surface area contributed by atoms with Crippen LogP contribution in [0.1, 0.15) is 31.6 Å². The lowest BCUT2D eigenvalue weighted by Gasteiger charge is -2.15. The van der Waals surface area contributed by atoms with E-state index in [4.69, 9.17) is 9.15 Å². The number of ether oxygens (including phenoxy) is 1. The first-order chi connectivity index (χ1) is 6.88. The molecule has 1 N–H and O–H groups in total. The summed E-state index contributed by atoms with van der Waals surface area (Å²) in [4.78, 5) is 0. The lowest BCUT2D eigenvalue weighted by molar-refractivity contribution is 0.178. The molecule has 1 rings (SSSR count). The fourth-order valence-electron chi connectivity index (χ4n) is 1.39. The van der Waals surface area contributed by atoms with Crippen LogP contribution in [0.15, 0.2) is 22.8 Å². The summed E-state index contributed by atoms with van der Waals surface area (Å²) in [5.74, 6) is 0.996. The van der Waals surface area contributed by atoms with Crippen LogP contribution in [0.3, 0.4) is 0 Å². The molecule has 0 amide bonds. The minimum atomic E-state index is 0.282. The summed E-state index contributed by atoms with van der Waals surface area (Å²) in [6, 6.07) is 4.20. The molecule has 1 heterocycles. The third-order valence-electron chi connectivity index (χ3n) is 2.14. The van der Waals surface area contributed by atoms with Crippen molar-refractivity contribution < 1.29 is 9.15 Å². The van der Waals surface area contributed by atoms with E-state index in [1.807, 2.05) is 12.1 Å². The van der Waals surface area contributed by atoms with Crippen molar-refractivity contribution in [1.82, 2.24) is 5.32 Å². The van der Waals surface area contributed by atoms with E-state index in [1.165, 1.54) is 0 Å². The molecule has 0 saturated heterocycles. The topological polar surface area (TPSA) is 34.4 Å². The summed E-state index contributed by atoms with van der Waals surface area (Å²) in [7, 11) is 1.72. The van der Waals surface area contributed by atoms with Crippen molar-refractivity contribution in [3.8, 4) is 0 Å². The summed E-state index contributed by atoms with van der Waals surface area (Å²) in [6.45, 7) is 3.92. The molecule has 0 aliphatic rings. The molecule has 0 saturated carbocycles. The van der Waals surface area contributed by atoms with E-state index in [0.717, 1.165) is 31.8 Å². The zero-order valence-electron chi connectivity index (χ0n) is 8.95. The van der Waals surface area contributed by atoms with Crippen LogP contribution >= 0.6 is 0 Å². The maximum atomic E-state index is 5.37. The Morgan fingerprint density at radius 3 is 3.00 bits per heavy atom. The first-order valence-electron chi connectivity index (χ1n) is 5.14. The lowest BCUT2D eigenvalue weighted by atomic mass is 10.1. The summed E-state index contributed by atoms with van der Waals surface area (Å²) in [5.41, 5.74) is 0. The van der Waals surface area contributed by atoms with Crippen LogP contribution in [0.2, 0.25) is 0 Å². The molecule has 0 aliphatic heterocycles. The van der Waals surface area contributed by atoms with Crippen LogP contribution in [0, 0.1) is 0 Å². The molecule has 1 aromatic rings. The Balaban J connectivity index is 2.44. The minimum absolute atomic E-state index is 0.282. The molecule has 0 aromatic carbocycles. The summed E-state index contributed by atoms with van der Waals surface area (Å²) < 4.78 is 10.4. The van der Waals surface area contributed by atoms with Gasteiger partial charge in [0, 0.05) is 13.7 Å². The highest BCUT2D eigenvalue weighted by Gasteiger charge is 2.12. The van der Waals surface area contributed by atoms with Gasteiger partial charge >= 0.3 is 0 Å². The van der Waals surface area contributed by atoms with Gasteiger partial charge in [-0.1, -0.05) is 6.92 Å². The monoisotopic (exact) mass is 197 g/mol. The third kappa shape index (κ3) is 3.52. The van der Waals surface area contributed by atoms with E-state index < -0.39 is 0 Å². The van der Waals surface area contributed by atoms with Gasteiger partial charge < -0.3 is 14.5 Å². The second kappa shape index (κ2) is 6.62. The van der Waals surface area contributed by atoms with Crippen LogP contribution < -0.4 is 5.32 Å². The molecule has 0 radical (unpaired) electrons. The number of rotatable bonds is 7. The average Bonchev–Trinajstić information content (AvgIpc) is 2.71. The largest absolute Gasteiger partial charge is 0.468 e. The van der Waals surface area contributed by atoms with Crippen LogP contribution in [0.25, 0.3) is 0 Å². The molecule has 0 bridgehead atoms. The van der Waals surface area contributed by atoms with Gasteiger partial charge in [-0.3, -0.25) is 0 Å². The highest BCUT2D eigenvalue weighted by Crippen LogP contribution is 2.16. The molecule has 80 valence electrons. The van der Waals surface area contributed by atoms with Gasteiger partial charge in [-0.15, -0.1) is 0 Å². The van der Waals surface area contributed by atoms with Gasteiger partial charge in [-0.25, -0.2) is 0 Å². The molecule has 0 aliphatic carbocycles. The number of nitrogens with one attached hydrogen (secondary N) is 1. The van der Waals surface area contributed by atoms with Crippen molar-refractivity contribution in [1.29, 1.82) is 0 Å². The van der Waals surface area contributed by atoms with Gasteiger partial charge in [-0.05, 0) is 31.5 Å². The van der Waals surface area contributed by atoms with E-state index in [9.17, 15) is 0 Å². The Bertz CT molecular complexity index is 213. The molecule has 0 spiro atoms. The lowest BCUT2D eigenvalue weighted by Crippen LogP contribution is -2.22. The quantitative estimate of drug-likeness (QED) is 0.728. The molecule has 1 aromatic heterocycles. The molecule has 3 nitrogen and oxygen atoms in total. The number of methoxy groups -OCH3 is 1. The highest BCUT2D eigenvalue weighted by molar-refractivity contribution is 5.04. The zero-order valence-corrected chi connectivity index (χ0v) is 8.95. The highest BCUT2D eigenvalue weighted by atomic mass is 16.5. The van der Waals surface area contributed by atoms with Gasteiger partial charge in [0.05, 0.1) is 12.3 Å². The average molecular weight is 197 g/mol. The van der Waals surface area contributed by atoms with Crippen LogP contribution in [-0.4, -0.2) is 20.3 Å². The maximum absolute atomic E-state index is 5.37. The van der Waals surface area contributed by atoms with Crippen molar-refractivity contribution in [2.45, 2.75) is 25.8 Å². The fourth-order valence-corrected chi connectivity index (χ4v) is 1.39. The Morgan fingerprint density at radius 2 is 2.43 bits per heavy atom. The summed E-state index contributed by atoms with van der Waals surface area (Å²) in [6.07, 6.45) is 3.79. The van der Waals surface area contributed by atoms with E-state index >= 15 is 0 Å². The Labute approximate surface area is 85.4 Å². The predicted octanol–water partition coefficient (Wildman–Crippen LogP) is 2.36. The number of furan rings is 1. The predicted molar refractivity (Wildman–Crippen MR) is 56.2 cm³/mol. The Hall–Kier alpha value is -0.800. The second-order valence-electron chi connectivity index (χ2n) is 3.30. The van der Waals surface area contributed by atoms with Crippen molar-refractivity contribution in [3.05, 3.63) is 24.2 Å². The van der Waals surface area contributed by atoms with Gasteiger partial charge in [0.1, 0.15) is 5.76 Å². The van der Waals surface area contributed by atoms with Crippen LogP contribution in [0.4, 0.5) is 0 Å². The van der Waals surface area contributed by atoms with Crippen LogP contribution in [0.5, 0.6) is 0 Å². The van der Waals surface area contributed by atoms with Crippen molar-refractivity contribution >= 4 is 0 Å². The molecular weight excluding hydrogens is 178 g/mol. The minimum Gasteiger partial charge on any atom is -0.468 e. The Morgan fingerprint density at radius 1 is 1.57 bits per heavy atom.